The SMILES string of the molecule is Brc1ccc(CN2CCn3cccc3C2c2ccccc2)s1. The maximum Gasteiger partial charge on any atom is 0.0759 e. The molecule has 4 rings (SSSR count). The Kier molecular flexibility index (Phi) is 3.90. The van der Waals surface area contributed by atoms with Crippen molar-refractivity contribution in [2.24, 2.45) is 0 Å². The van der Waals surface area contributed by atoms with Gasteiger partial charge in [0.1, 0.15) is 0 Å². The third kappa shape index (κ3) is 2.67. The van der Waals surface area contributed by atoms with Crippen molar-refractivity contribution in [3.8, 4) is 0 Å². The molecule has 3 heterocycles. The van der Waals surface area contributed by atoms with Crippen molar-refractivity contribution in [3.63, 3.8) is 0 Å². The number of aromatic nitrogens is 1. The molecule has 1 aliphatic heterocycles. The van der Waals surface area contributed by atoms with E-state index in [4.69, 9.17) is 0 Å². The van der Waals surface area contributed by atoms with Crippen LogP contribution in [0.4, 0.5) is 0 Å². The minimum atomic E-state index is 0.339. The molecule has 0 saturated carbocycles. The van der Waals surface area contributed by atoms with Gasteiger partial charge in [-0.05, 0) is 45.8 Å². The minimum absolute atomic E-state index is 0.339. The van der Waals surface area contributed by atoms with Crippen LogP contribution in [-0.2, 0) is 13.1 Å². The number of hydrogen-bond donors (Lipinski definition) is 0. The monoisotopic (exact) mass is 372 g/mol. The highest BCUT2D eigenvalue weighted by Crippen LogP contribution is 2.34. The molecule has 0 radical (unpaired) electrons. The fraction of sp³-hybridized carbons (Fsp3) is 0.222. The van der Waals surface area contributed by atoms with Gasteiger partial charge in [0, 0.05) is 36.4 Å². The fourth-order valence-corrected chi connectivity index (χ4v) is 4.76. The van der Waals surface area contributed by atoms with Crippen LogP contribution >= 0.6 is 27.3 Å². The second-order valence-electron chi connectivity index (χ2n) is 5.62. The fourth-order valence-electron chi connectivity index (χ4n) is 3.26. The lowest BCUT2D eigenvalue weighted by molar-refractivity contribution is 0.176. The standard InChI is InChI=1S/C18H17BrN2S/c19-17-9-8-15(22-17)13-21-12-11-20-10-4-7-16(20)18(21)14-5-2-1-3-6-14/h1-10,18H,11-13H2. The summed E-state index contributed by atoms with van der Waals surface area (Å²) in [7, 11) is 0. The highest BCUT2D eigenvalue weighted by Gasteiger charge is 2.28. The average molecular weight is 373 g/mol. The molecule has 2 nitrogen and oxygen atoms in total. The minimum Gasteiger partial charge on any atom is -0.348 e. The summed E-state index contributed by atoms with van der Waals surface area (Å²) < 4.78 is 3.59. The molecule has 0 spiro atoms. The highest BCUT2D eigenvalue weighted by atomic mass is 79.9. The normalized spacial score (nSPS) is 18.3. The van der Waals surface area contributed by atoms with Crippen molar-refractivity contribution in [2.75, 3.05) is 6.54 Å². The third-order valence-corrected chi connectivity index (χ3v) is 5.85. The smallest absolute Gasteiger partial charge is 0.0759 e. The summed E-state index contributed by atoms with van der Waals surface area (Å²) >= 11 is 5.40. The van der Waals surface area contributed by atoms with Gasteiger partial charge >= 0.3 is 0 Å². The molecule has 0 bridgehead atoms. The van der Waals surface area contributed by atoms with Crippen LogP contribution in [0.15, 0.2) is 64.6 Å². The van der Waals surface area contributed by atoms with E-state index in [9.17, 15) is 0 Å². The Hall–Kier alpha value is -1.36. The van der Waals surface area contributed by atoms with Crippen LogP contribution in [0.5, 0.6) is 0 Å². The first kappa shape index (κ1) is 14.2. The first-order valence-electron chi connectivity index (χ1n) is 7.49. The van der Waals surface area contributed by atoms with E-state index in [0.717, 1.165) is 19.6 Å². The van der Waals surface area contributed by atoms with E-state index in [-0.39, 0.29) is 0 Å². The van der Waals surface area contributed by atoms with Crippen LogP contribution in [-0.4, -0.2) is 16.0 Å². The van der Waals surface area contributed by atoms with Crippen molar-refractivity contribution in [1.82, 2.24) is 9.47 Å². The highest BCUT2D eigenvalue weighted by molar-refractivity contribution is 9.11. The molecule has 1 unspecified atom stereocenters. The summed E-state index contributed by atoms with van der Waals surface area (Å²) in [5.74, 6) is 0. The zero-order chi connectivity index (χ0) is 14.9. The number of nitrogens with zero attached hydrogens (tertiary/aromatic N) is 2. The lowest BCUT2D eigenvalue weighted by Crippen LogP contribution is -2.37. The quantitative estimate of drug-likeness (QED) is 0.633. The summed E-state index contributed by atoms with van der Waals surface area (Å²) in [6.45, 7) is 3.15. The molecule has 0 N–H and O–H groups in total. The van der Waals surface area contributed by atoms with Crippen LogP contribution in [0.25, 0.3) is 0 Å². The van der Waals surface area contributed by atoms with Gasteiger partial charge in [0.05, 0.1) is 9.83 Å². The van der Waals surface area contributed by atoms with Crippen LogP contribution < -0.4 is 0 Å². The molecule has 4 heteroatoms. The summed E-state index contributed by atoms with van der Waals surface area (Å²) in [5.41, 5.74) is 2.77. The van der Waals surface area contributed by atoms with E-state index in [1.165, 1.54) is 19.9 Å². The van der Waals surface area contributed by atoms with Crippen molar-refractivity contribution >= 4 is 27.3 Å². The second-order valence-corrected chi connectivity index (χ2v) is 8.16. The third-order valence-electron chi connectivity index (χ3n) is 4.24. The maximum absolute atomic E-state index is 3.57. The van der Waals surface area contributed by atoms with Crippen molar-refractivity contribution in [3.05, 3.63) is 80.7 Å². The predicted molar refractivity (Wildman–Crippen MR) is 95.1 cm³/mol. The van der Waals surface area contributed by atoms with Gasteiger partial charge in [-0.15, -0.1) is 11.3 Å². The molecule has 1 aromatic carbocycles. The molecule has 0 saturated heterocycles. The molecule has 1 aliphatic rings. The molecule has 1 atom stereocenters. The number of fused-ring (bicyclic) bond motifs is 1. The topological polar surface area (TPSA) is 8.17 Å². The molecule has 0 fully saturated rings. The van der Waals surface area contributed by atoms with Crippen molar-refractivity contribution in [1.29, 1.82) is 0 Å². The largest absolute Gasteiger partial charge is 0.348 e. The number of hydrogen-bond acceptors (Lipinski definition) is 2. The van der Waals surface area contributed by atoms with E-state index < -0.39 is 0 Å². The zero-order valence-corrected chi connectivity index (χ0v) is 14.6. The Bertz CT molecular complexity index is 762. The summed E-state index contributed by atoms with van der Waals surface area (Å²) in [5, 5.41) is 0. The predicted octanol–water partition coefficient (Wildman–Crippen LogP) is 4.92. The second kappa shape index (κ2) is 6.03. The zero-order valence-electron chi connectivity index (χ0n) is 12.2. The Morgan fingerprint density at radius 1 is 1.00 bits per heavy atom. The molecular formula is C18H17BrN2S. The van der Waals surface area contributed by atoms with Gasteiger partial charge in [-0.25, -0.2) is 0 Å². The Balaban J connectivity index is 1.71. The molecule has 2 aromatic heterocycles. The van der Waals surface area contributed by atoms with Gasteiger partial charge in [0.2, 0.25) is 0 Å². The van der Waals surface area contributed by atoms with Crippen LogP contribution in [0.1, 0.15) is 22.2 Å². The molecule has 3 aromatic rings. The van der Waals surface area contributed by atoms with Crippen LogP contribution in [0, 0.1) is 0 Å². The van der Waals surface area contributed by atoms with E-state index in [1.807, 2.05) is 11.3 Å². The Morgan fingerprint density at radius 3 is 2.64 bits per heavy atom. The average Bonchev–Trinajstić information content (AvgIpc) is 3.17. The Morgan fingerprint density at radius 2 is 1.86 bits per heavy atom. The first-order valence-corrected chi connectivity index (χ1v) is 9.10. The van der Waals surface area contributed by atoms with Gasteiger partial charge in [-0.1, -0.05) is 30.3 Å². The number of rotatable bonds is 3. The van der Waals surface area contributed by atoms with E-state index >= 15 is 0 Å². The molecule has 22 heavy (non-hydrogen) atoms. The van der Waals surface area contributed by atoms with Crippen LogP contribution in [0.2, 0.25) is 0 Å². The van der Waals surface area contributed by atoms with Crippen molar-refractivity contribution < 1.29 is 0 Å². The van der Waals surface area contributed by atoms with E-state index in [1.54, 1.807) is 0 Å². The van der Waals surface area contributed by atoms with Crippen LogP contribution in [0.3, 0.4) is 0 Å². The van der Waals surface area contributed by atoms with Gasteiger partial charge < -0.3 is 4.57 Å². The number of benzene rings is 1. The molecule has 0 amide bonds. The number of halogens is 1. The number of thiophene rings is 1. The summed E-state index contributed by atoms with van der Waals surface area (Å²) in [6.07, 6.45) is 2.20. The van der Waals surface area contributed by atoms with Gasteiger partial charge in [0.15, 0.2) is 0 Å². The molecular weight excluding hydrogens is 356 g/mol. The summed E-state index contributed by atoms with van der Waals surface area (Å²) in [6, 6.07) is 20.0. The first-order chi connectivity index (χ1) is 10.8. The van der Waals surface area contributed by atoms with Gasteiger partial charge in [0.25, 0.3) is 0 Å². The molecule has 112 valence electrons. The lowest BCUT2D eigenvalue weighted by atomic mass is 10.00. The van der Waals surface area contributed by atoms with E-state index in [2.05, 4.69) is 86.2 Å². The van der Waals surface area contributed by atoms with Gasteiger partial charge in [-0.3, -0.25) is 4.90 Å². The van der Waals surface area contributed by atoms with E-state index in [0.29, 0.717) is 6.04 Å². The maximum atomic E-state index is 3.57. The van der Waals surface area contributed by atoms with Gasteiger partial charge in [-0.2, -0.15) is 0 Å². The molecule has 0 aliphatic carbocycles. The Labute approximate surface area is 143 Å². The lowest BCUT2D eigenvalue weighted by Gasteiger charge is -2.37. The van der Waals surface area contributed by atoms with Crippen molar-refractivity contribution in [2.45, 2.75) is 19.1 Å². The summed E-state index contributed by atoms with van der Waals surface area (Å²) in [4.78, 5) is 4.00.